The predicted octanol–water partition coefficient (Wildman–Crippen LogP) is 3.53. The lowest BCUT2D eigenvalue weighted by Gasteiger charge is -2.45. The second-order valence-electron chi connectivity index (χ2n) is 7.68. The maximum absolute atomic E-state index is 15.2. The molecule has 0 aliphatic carbocycles. The number of carbonyl (C=O) groups excluding carboxylic acids is 1. The van der Waals surface area contributed by atoms with E-state index in [-0.39, 0.29) is 35.2 Å². The van der Waals surface area contributed by atoms with Gasteiger partial charge in [0.05, 0.1) is 35.6 Å². The van der Waals surface area contributed by atoms with E-state index in [9.17, 15) is 4.79 Å². The average Bonchev–Trinajstić information content (AvgIpc) is 2.80. The molecule has 33 heavy (non-hydrogen) atoms. The van der Waals surface area contributed by atoms with Crippen LogP contribution >= 0.6 is 11.6 Å². The van der Waals surface area contributed by atoms with Gasteiger partial charge in [0, 0.05) is 24.9 Å². The molecule has 2 atom stereocenters. The summed E-state index contributed by atoms with van der Waals surface area (Å²) in [5.41, 5.74) is 0.766. The zero-order valence-corrected chi connectivity index (χ0v) is 18.3. The summed E-state index contributed by atoms with van der Waals surface area (Å²) in [6.07, 6.45) is 1.88. The molecule has 9 nitrogen and oxygen atoms in total. The fourth-order valence-electron chi connectivity index (χ4n) is 3.93. The Morgan fingerprint density at radius 1 is 1.39 bits per heavy atom. The lowest BCUT2D eigenvalue weighted by molar-refractivity contribution is -0.110. The summed E-state index contributed by atoms with van der Waals surface area (Å²) in [5, 5.41) is 12.0. The number of anilines is 2. The molecule has 0 radical (unpaired) electrons. The summed E-state index contributed by atoms with van der Waals surface area (Å²) in [5.74, 6) is -1.44. The van der Waals surface area contributed by atoms with Crippen LogP contribution in [0.3, 0.4) is 0 Å². The van der Waals surface area contributed by atoms with Crippen LogP contribution in [0.2, 0.25) is 5.02 Å². The van der Waals surface area contributed by atoms with E-state index in [4.69, 9.17) is 31.1 Å². The molecule has 1 aromatic carbocycles. The molecule has 1 aromatic heterocycles. The first-order chi connectivity index (χ1) is 16.0. The van der Waals surface area contributed by atoms with Gasteiger partial charge in [0.25, 0.3) is 5.88 Å². The highest BCUT2D eigenvalue weighted by Gasteiger charge is 2.44. The van der Waals surface area contributed by atoms with E-state index in [1.165, 1.54) is 18.5 Å². The van der Waals surface area contributed by atoms with Gasteiger partial charge in [-0.2, -0.15) is 14.6 Å². The molecule has 2 aliphatic rings. The largest absolute Gasteiger partial charge is 0.471 e. The van der Waals surface area contributed by atoms with Crippen molar-refractivity contribution < 1.29 is 23.4 Å². The third kappa shape index (κ3) is 4.99. The number of aromatic nitrogens is 2. The highest BCUT2D eigenvalue weighted by atomic mass is 35.5. The molecule has 2 unspecified atom stereocenters. The van der Waals surface area contributed by atoms with E-state index in [2.05, 4.69) is 21.9 Å². The van der Waals surface area contributed by atoms with Gasteiger partial charge in [-0.1, -0.05) is 24.3 Å². The topological polar surface area (TPSA) is 110 Å². The Bertz CT molecular complexity index is 1080. The number of fused-ring (bicyclic) bond motifs is 2. The molecule has 2 fully saturated rings. The number of nitrogens with one attached hydrogen (secondary N) is 1. The Kier molecular flexibility index (Phi) is 6.91. The highest BCUT2D eigenvalue weighted by molar-refractivity contribution is 6.33. The minimum absolute atomic E-state index is 0.113. The number of benzene rings is 1. The number of likely N-dealkylation sites (tertiary alicyclic amines) is 1. The molecular formula is C22H21ClFN5O4. The number of nitriles is 1. The van der Waals surface area contributed by atoms with Crippen molar-refractivity contribution in [3.63, 3.8) is 0 Å². The summed E-state index contributed by atoms with van der Waals surface area (Å²) >= 11 is 6.17. The number of rotatable bonds is 6. The summed E-state index contributed by atoms with van der Waals surface area (Å²) in [4.78, 5) is 21.8. The minimum atomic E-state index is -0.773. The molecule has 4 rings (SSSR count). The summed E-state index contributed by atoms with van der Waals surface area (Å²) in [7, 11) is 0. The smallest absolute Gasteiger partial charge is 0.410 e. The molecule has 1 amide bonds. The molecular weight excluding hydrogens is 453 g/mol. The van der Waals surface area contributed by atoms with Crippen molar-refractivity contribution in [2.24, 2.45) is 11.8 Å². The summed E-state index contributed by atoms with van der Waals surface area (Å²) in [6, 6.07) is 6.57. The monoisotopic (exact) mass is 473 g/mol. The first kappa shape index (κ1) is 22.8. The van der Waals surface area contributed by atoms with E-state index in [0.29, 0.717) is 37.6 Å². The van der Waals surface area contributed by atoms with Crippen molar-refractivity contribution in [2.45, 2.75) is 6.10 Å². The van der Waals surface area contributed by atoms with Gasteiger partial charge >= 0.3 is 6.09 Å². The lowest BCUT2D eigenvalue weighted by atomic mass is 9.84. The van der Waals surface area contributed by atoms with E-state index >= 15 is 4.39 Å². The van der Waals surface area contributed by atoms with Crippen LogP contribution in [0.15, 0.2) is 37.2 Å². The van der Waals surface area contributed by atoms with Crippen molar-refractivity contribution >= 4 is 29.2 Å². The molecule has 1 N–H and O–H groups in total. The molecule has 0 spiro atoms. The second-order valence-corrected chi connectivity index (χ2v) is 8.09. The van der Waals surface area contributed by atoms with Crippen LogP contribution in [0.25, 0.3) is 0 Å². The molecule has 3 heterocycles. The van der Waals surface area contributed by atoms with Crippen LogP contribution in [0.1, 0.15) is 5.56 Å². The molecule has 11 heteroatoms. The number of piperidine rings is 1. The van der Waals surface area contributed by atoms with E-state index in [1.54, 1.807) is 17.0 Å². The first-order valence-corrected chi connectivity index (χ1v) is 10.6. The van der Waals surface area contributed by atoms with Crippen LogP contribution in [-0.4, -0.2) is 60.0 Å². The van der Waals surface area contributed by atoms with Crippen molar-refractivity contribution in [1.29, 1.82) is 5.26 Å². The first-order valence-electron chi connectivity index (χ1n) is 10.2. The Morgan fingerprint density at radius 2 is 2.15 bits per heavy atom. The van der Waals surface area contributed by atoms with Crippen molar-refractivity contribution in [3.8, 4) is 11.9 Å². The fourth-order valence-corrected chi connectivity index (χ4v) is 4.16. The van der Waals surface area contributed by atoms with Gasteiger partial charge in [-0.3, -0.25) is 0 Å². The van der Waals surface area contributed by atoms with Gasteiger partial charge in [0.1, 0.15) is 19.0 Å². The Morgan fingerprint density at radius 3 is 2.82 bits per heavy atom. The van der Waals surface area contributed by atoms with E-state index < -0.39 is 18.0 Å². The van der Waals surface area contributed by atoms with Gasteiger partial charge in [0.15, 0.2) is 5.82 Å². The summed E-state index contributed by atoms with van der Waals surface area (Å²) in [6.45, 7) is 5.12. The number of ether oxygens (including phenoxy) is 3. The number of hydrogen-bond donors (Lipinski definition) is 1. The van der Waals surface area contributed by atoms with Gasteiger partial charge in [-0.15, -0.1) is 0 Å². The van der Waals surface area contributed by atoms with E-state index in [0.717, 1.165) is 0 Å². The number of nitrogens with zero attached hydrogens (tertiary/aromatic N) is 4. The van der Waals surface area contributed by atoms with Crippen LogP contribution in [0, 0.1) is 29.0 Å². The van der Waals surface area contributed by atoms with Gasteiger partial charge in [0.2, 0.25) is 5.82 Å². The van der Waals surface area contributed by atoms with Gasteiger partial charge < -0.3 is 24.4 Å². The number of hydrogen-bond acceptors (Lipinski definition) is 8. The lowest BCUT2D eigenvalue weighted by Crippen LogP contribution is -2.58. The van der Waals surface area contributed by atoms with Gasteiger partial charge in [-0.05, 0) is 18.2 Å². The molecule has 2 saturated heterocycles. The van der Waals surface area contributed by atoms with Crippen LogP contribution < -0.4 is 10.1 Å². The number of halogens is 2. The van der Waals surface area contributed by atoms with Crippen molar-refractivity contribution in [2.75, 3.05) is 38.2 Å². The normalized spacial score (nSPS) is 21.6. The number of carbonyl (C=O) groups is 1. The number of amides is 1. The summed E-state index contributed by atoms with van der Waals surface area (Å²) < 4.78 is 31.9. The van der Waals surface area contributed by atoms with Crippen LogP contribution in [0.4, 0.5) is 20.7 Å². The van der Waals surface area contributed by atoms with Gasteiger partial charge in [-0.25, -0.2) is 9.78 Å². The fraction of sp³-hybridized carbons (Fsp3) is 0.364. The second kappa shape index (κ2) is 10.0. The average molecular weight is 474 g/mol. The third-order valence-electron chi connectivity index (χ3n) is 5.44. The van der Waals surface area contributed by atoms with Crippen LogP contribution in [-0.2, 0) is 9.47 Å². The molecule has 2 aromatic rings. The Hall–Kier alpha value is -3.42. The predicted molar refractivity (Wildman–Crippen MR) is 117 cm³/mol. The zero-order chi connectivity index (χ0) is 23.4. The molecule has 2 bridgehead atoms. The molecule has 0 saturated carbocycles. The Balaban J connectivity index is 1.49. The maximum atomic E-state index is 15.2. The standard InChI is InChI=1S/C22H21ClFN5O4/c1-2-5-32-22(30)29-8-14-10-31-11-15(9-29)19(14)33-21-18(24)20(26-12-27-21)28-17-4-3-13(7-25)6-16(17)23/h2-4,6,12,14-15,19H,1,5,8-11H2,(H,26,27,28). The van der Waals surface area contributed by atoms with Crippen molar-refractivity contribution in [1.82, 2.24) is 14.9 Å². The molecule has 172 valence electrons. The van der Waals surface area contributed by atoms with Crippen molar-refractivity contribution in [3.05, 3.63) is 53.6 Å². The molecule has 2 aliphatic heterocycles. The minimum Gasteiger partial charge on any atom is -0.471 e. The quantitative estimate of drug-likeness (QED) is 0.634. The SMILES string of the molecule is C=CCOC(=O)N1CC2COCC(C1)C2Oc1ncnc(Nc2ccc(C#N)cc2Cl)c1F. The van der Waals surface area contributed by atoms with E-state index in [1.807, 2.05) is 6.07 Å². The van der Waals surface area contributed by atoms with Crippen LogP contribution in [0.5, 0.6) is 5.88 Å². The highest BCUT2D eigenvalue weighted by Crippen LogP contribution is 2.34. The zero-order valence-electron chi connectivity index (χ0n) is 17.5. The third-order valence-corrected chi connectivity index (χ3v) is 5.75. The Labute approximate surface area is 194 Å². The maximum Gasteiger partial charge on any atom is 0.410 e.